The van der Waals surface area contributed by atoms with Crippen molar-refractivity contribution in [2.45, 2.75) is 17.7 Å². The van der Waals surface area contributed by atoms with E-state index >= 15 is 0 Å². The number of thioether (sulfide) groups is 1. The molecule has 0 saturated heterocycles. The Morgan fingerprint density at radius 3 is 2.50 bits per heavy atom. The first-order chi connectivity index (χ1) is 6.15. The zero-order chi connectivity index (χ0) is 10.3. The fourth-order valence-electron chi connectivity index (χ4n) is 1.05. The molecule has 0 fully saturated rings. The number of likely N-dealkylation sites (N-methyl/N-ethyl adjacent to an activating group) is 1. The average molecular weight is 294 g/mol. The third-order valence-corrected chi connectivity index (χ3v) is 2.87. The molecule has 0 aromatic carbocycles. The second-order valence-electron chi connectivity index (χ2n) is 2.77. The van der Waals surface area contributed by atoms with E-state index < -0.39 is 12.0 Å². The van der Waals surface area contributed by atoms with Crippen molar-refractivity contribution < 1.29 is 42.6 Å². The molecule has 81 valence electrons. The molecule has 0 amide bonds. The molecule has 2 N–H and O–H groups in total. The third-order valence-electron chi connectivity index (χ3n) is 1.86. The molecule has 2 atom stereocenters. The normalized spacial score (nSPS) is 14.2. The predicted molar refractivity (Wildman–Crippen MR) is 56.6 cm³/mol. The van der Waals surface area contributed by atoms with Gasteiger partial charge in [0.2, 0.25) is 0 Å². The second kappa shape index (κ2) is 10.4. The molecule has 6 heteroatoms. The average Bonchev–Trinajstić information content (AvgIpc) is 2.11. The van der Waals surface area contributed by atoms with Crippen LogP contribution in [0.3, 0.4) is 0 Å². The van der Waals surface area contributed by atoms with Crippen LogP contribution in [0.15, 0.2) is 0 Å². The van der Waals surface area contributed by atoms with E-state index in [0.29, 0.717) is 18.2 Å². The van der Waals surface area contributed by atoms with Crippen LogP contribution < -0.4 is 5.32 Å². The smallest absolute Gasteiger partial charge is 0.320 e. The molecule has 4 nitrogen and oxygen atoms in total. The van der Waals surface area contributed by atoms with Crippen molar-refractivity contribution in [3.05, 3.63) is 5.32 Å². The number of hydrogen-bond donors (Lipinski definition) is 2. The molecule has 0 aliphatic rings. The number of aliphatic carboxylic acids is 1. The van der Waals surface area contributed by atoms with E-state index in [1.54, 1.807) is 25.9 Å². The summed E-state index contributed by atoms with van der Waals surface area (Å²) in [6.07, 6.45) is 2.59. The van der Waals surface area contributed by atoms with E-state index in [2.05, 4.69) is 10.6 Å². The van der Waals surface area contributed by atoms with Crippen molar-refractivity contribution in [3.63, 3.8) is 0 Å². The topological polar surface area (TPSA) is 63.4 Å². The maximum absolute atomic E-state index is 10.7. The van der Waals surface area contributed by atoms with Crippen LogP contribution in [-0.2, 0) is 37.5 Å². The van der Waals surface area contributed by atoms with Gasteiger partial charge >= 0.3 is 5.97 Å². The number of carbonyl (C=O) groups is 1. The summed E-state index contributed by atoms with van der Waals surface area (Å²) in [7, 11) is 3.41. The van der Waals surface area contributed by atoms with Gasteiger partial charge in [-0.25, -0.2) is 0 Å². The Hall–Kier alpha value is 0.844. The van der Waals surface area contributed by atoms with E-state index in [9.17, 15) is 4.79 Å². The number of hydrogen-bond acceptors (Lipinski definition) is 3. The molecule has 0 heterocycles. The van der Waals surface area contributed by atoms with Crippen LogP contribution in [0.25, 0.3) is 5.32 Å². The minimum absolute atomic E-state index is 0. The first-order valence-electron chi connectivity index (χ1n) is 4.14. The molecule has 0 aromatic rings. The van der Waals surface area contributed by atoms with Crippen LogP contribution in [0.2, 0.25) is 0 Å². The molecular weight excluding hydrogens is 277 g/mol. The zero-order valence-electron chi connectivity index (χ0n) is 8.86. The van der Waals surface area contributed by atoms with E-state index in [0.717, 1.165) is 0 Å². The van der Waals surface area contributed by atoms with Crippen LogP contribution in [0, 0.1) is 0 Å². The van der Waals surface area contributed by atoms with Crippen molar-refractivity contribution >= 4 is 17.7 Å². The molecular formula is C8H17N2O2SY-. The van der Waals surface area contributed by atoms with E-state index in [1.807, 2.05) is 6.26 Å². The maximum atomic E-state index is 10.7. The first-order valence-corrected chi connectivity index (χ1v) is 5.43. The van der Waals surface area contributed by atoms with Gasteiger partial charge in [0, 0.05) is 32.7 Å². The molecule has 0 bridgehead atoms. The molecule has 0 saturated carbocycles. The van der Waals surface area contributed by atoms with E-state index in [4.69, 9.17) is 5.11 Å². The third kappa shape index (κ3) is 7.18. The number of nitrogens with zero attached hydrogens (tertiary/aromatic N) is 1. The van der Waals surface area contributed by atoms with Gasteiger partial charge in [-0.15, -0.1) is 6.54 Å². The zero-order valence-corrected chi connectivity index (χ0v) is 12.5. The Labute approximate surface area is 115 Å². The maximum Gasteiger partial charge on any atom is 0.320 e. The summed E-state index contributed by atoms with van der Waals surface area (Å²) < 4.78 is 0. The van der Waals surface area contributed by atoms with Gasteiger partial charge in [-0.3, -0.25) is 4.79 Å². The summed E-state index contributed by atoms with van der Waals surface area (Å²) in [5.74, 6) is -0.794. The number of carboxylic acid groups (broad SMARTS) is 1. The van der Waals surface area contributed by atoms with Crippen molar-refractivity contribution in [1.82, 2.24) is 5.32 Å². The summed E-state index contributed by atoms with van der Waals surface area (Å²) in [6.45, 7) is 0.715. The monoisotopic (exact) mass is 294 g/mol. The standard InChI is InChI=1S/C8H17N2O2S.Y/c1-9-5-6(13-3)4-7(10-2)8(11)12;/h6-7,10H,4-5H2,1-3H3,(H,11,12);/q-1;. The van der Waals surface area contributed by atoms with Crippen LogP contribution in [-0.4, -0.2) is 49.3 Å². The van der Waals surface area contributed by atoms with Crippen molar-refractivity contribution in [2.24, 2.45) is 0 Å². The SMILES string of the molecule is C[N-]CC(CC(NC)C(=O)O)SC.[Y]. The second-order valence-corrected chi connectivity index (χ2v) is 3.91. The Kier molecular flexibility index (Phi) is 12.8. The van der Waals surface area contributed by atoms with Crippen molar-refractivity contribution in [2.75, 3.05) is 26.9 Å². The molecule has 0 spiro atoms. The largest absolute Gasteiger partial charge is 0.664 e. The van der Waals surface area contributed by atoms with Crippen molar-refractivity contribution in [3.8, 4) is 0 Å². The fraction of sp³-hybridized carbons (Fsp3) is 0.875. The predicted octanol–water partition coefficient (Wildman–Crippen LogP) is 0.782. The molecule has 1 radical (unpaired) electrons. The Balaban J connectivity index is 0. The minimum atomic E-state index is -0.794. The molecule has 0 rings (SSSR count). The number of carboxylic acids is 1. The quantitative estimate of drug-likeness (QED) is 0.728. The Bertz CT molecular complexity index is 160. The van der Waals surface area contributed by atoms with Crippen LogP contribution in [0.4, 0.5) is 0 Å². The van der Waals surface area contributed by atoms with E-state index in [-0.39, 0.29) is 32.7 Å². The summed E-state index contributed by atoms with van der Waals surface area (Å²) in [6, 6.07) is -0.459. The number of nitrogens with one attached hydrogen (secondary N) is 1. The van der Waals surface area contributed by atoms with Gasteiger partial charge < -0.3 is 15.7 Å². The van der Waals surface area contributed by atoms with Gasteiger partial charge in [-0.1, -0.05) is 0 Å². The summed E-state index contributed by atoms with van der Waals surface area (Å²) in [5.41, 5.74) is 0. The van der Waals surface area contributed by atoms with Gasteiger partial charge in [-0.05, 0) is 25.0 Å². The molecule has 14 heavy (non-hydrogen) atoms. The molecule has 2 unspecified atom stereocenters. The summed E-state index contributed by atoms with van der Waals surface area (Å²) >= 11 is 1.66. The van der Waals surface area contributed by atoms with Crippen LogP contribution in [0.1, 0.15) is 6.42 Å². The van der Waals surface area contributed by atoms with Gasteiger partial charge in [0.05, 0.1) is 0 Å². The van der Waals surface area contributed by atoms with Gasteiger partial charge in [0.15, 0.2) is 0 Å². The summed E-state index contributed by atoms with van der Waals surface area (Å²) in [4.78, 5) is 10.7. The molecule has 0 aliphatic heterocycles. The first kappa shape index (κ1) is 17.2. The Morgan fingerprint density at radius 2 is 2.21 bits per heavy atom. The van der Waals surface area contributed by atoms with Crippen molar-refractivity contribution in [1.29, 1.82) is 0 Å². The molecule has 0 aliphatic carbocycles. The number of rotatable bonds is 7. The van der Waals surface area contributed by atoms with Gasteiger partial charge in [0.1, 0.15) is 6.04 Å². The van der Waals surface area contributed by atoms with Crippen LogP contribution in [0.5, 0.6) is 0 Å². The van der Waals surface area contributed by atoms with Crippen LogP contribution >= 0.6 is 11.8 Å². The Morgan fingerprint density at radius 1 is 1.64 bits per heavy atom. The van der Waals surface area contributed by atoms with E-state index in [1.165, 1.54) is 0 Å². The summed E-state index contributed by atoms with van der Waals surface area (Å²) in [5, 5.41) is 15.9. The fourth-order valence-corrected chi connectivity index (χ4v) is 1.74. The van der Waals surface area contributed by atoms with Gasteiger partial charge in [0.25, 0.3) is 0 Å². The minimum Gasteiger partial charge on any atom is -0.664 e. The van der Waals surface area contributed by atoms with Gasteiger partial charge in [-0.2, -0.15) is 18.8 Å². The molecule has 0 aromatic heterocycles.